The van der Waals surface area contributed by atoms with E-state index in [0.29, 0.717) is 5.70 Å². The van der Waals surface area contributed by atoms with Crippen LogP contribution in [0.5, 0.6) is 0 Å². The first kappa shape index (κ1) is 9.81. The Bertz CT molecular complexity index is 287. The van der Waals surface area contributed by atoms with Crippen molar-refractivity contribution in [2.75, 3.05) is 0 Å². The molecule has 4 N–H and O–H groups in total. The molecule has 0 aliphatic heterocycles. The third-order valence-corrected chi connectivity index (χ3v) is 2.05. The minimum Gasteiger partial charge on any atom is -0.401 e. The van der Waals surface area contributed by atoms with Crippen molar-refractivity contribution in [3.8, 4) is 0 Å². The number of rotatable bonds is 3. The van der Waals surface area contributed by atoms with E-state index in [9.17, 15) is 0 Å². The summed E-state index contributed by atoms with van der Waals surface area (Å²) in [5, 5.41) is 0. The molecule has 1 aromatic rings. The van der Waals surface area contributed by atoms with Gasteiger partial charge in [-0.1, -0.05) is 36.4 Å². The molecule has 0 radical (unpaired) electrons. The summed E-state index contributed by atoms with van der Waals surface area (Å²) >= 11 is 0. The molecule has 0 aromatic heterocycles. The molecule has 0 unspecified atom stereocenters. The summed E-state index contributed by atoms with van der Waals surface area (Å²) in [5.41, 5.74) is 14.3. The van der Waals surface area contributed by atoms with Crippen LogP contribution in [-0.4, -0.2) is 6.04 Å². The van der Waals surface area contributed by atoms with Crippen LogP contribution in [0.2, 0.25) is 0 Å². The van der Waals surface area contributed by atoms with Crippen molar-refractivity contribution in [1.82, 2.24) is 0 Å². The van der Waals surface area contributed by atoms with Gasteiger partial charge in [0.25, 0.3) is 0 Å². The molecule has 1 rings (SSSR count). The van der Waals surface area contributed by atoms with E-state index in [1.54, 1.807) is 0 Å². The number of hydrogen-bond acceptors (Lipinski definition) is 2. The Morgan fingerprint density at radius 2 is 1.92 bits per heavy atom. The van der Waals surface area contributed by atoms with Crippen molar-refractivity contribution in [3.63, 3.8) is 0 Å². The van der Waals surface area contributed by atoms with Gasteiger partial charge in [-0.2, -0.15) is 0 Å². The molecule has 0 amide bonds. The molecule has 0 spiro atoms. The Hall–Kier alpha value is -1.28. The summed E-state index contributed by atoms with van der Waals surface area (Å²) in [4.78, 5) is 0. The Balaban J connectivity index is 2.64. The zero-order valence-electron chi connectivity index (χ0n) is 7.96. The van der Waals surface area contributed by atoms with Crippen LogP contribution in [0.3, 0.4) is 0 Å². The van der Waals surface area contributed by atoms with Crippen molar-refractivity contribution in [2.24, 2.45) is 11.5 Å². The molecule has 0 aliphatic rings. The van der Waals surface area contributed by atoms with E-state index < -0.39 is 0 Å². The van der Waals surface area contributed by atoms with Crippen molar-refractivity contribution < 1.29 is 0 Å². The molecule has 0 bridgehead atoms. The average Bonchev–Trinajstić information content (AvgIpc) is 2.08. The minimum absolute atomic E-state index is 0.136. The van der Waals surface area contributed by atoms with Gasteiger partial charge in [0.05, 0.1) is 0 Å². The van der Waals surface area contributed by atoms with Crippen LogP contribution in [0.15, 0.2) is 36.5 Å². The van der Waals surface area contributed by atoms with Crippen LogP contribution in [0.1, 0.15) is 11.1 Å². The monoisotopic (exact) mass is 176 g/mol. The molecule has 0 fully saturated rings. The van der Waals surface area contributed by atoms with Crippen molar-refractivity contribution in [3.05, 3.63) is 47.7 Å². The molecule has 2 heteroatoms. The molecular formula is C11H16N2. The van der Waals surface area contributed by atoms with Gasteiger partial charge in [0.1, 0.15) is 0 Å². The van der Waals surface area contributed by atoms with E-state index in [0.717, 1.165) is 6.42 Å². The molecule has 2 nitrogen and oxygen atoms in total. The fourth-order valence-electron chi connectivity index (χ4n) is 1.11. The number of hydrogen-bond donors (Lipinski definition) is 2. The Morgan fingerprint density at radius 3 is 2.38 bits per heavy atom. The predicted molar refractivity (Wildman–Crippen MR) is 56.2 cm³/mol. The summed E-state index contributed by atoms with van der Waals surface area (Å²) < 4.78 is 0. The van der Waals surface area contributed by atoms with Crippen molar-refractivity contribution >= 4 is 0 Å². The third-order valence-electron chi connectivity index (χ3n) is 2.05. The second-order valence-electron chi connectivity index (χ2n) is 3.37. The maximum atomic E-state index is 5.76. The summed E-state index contributed by atoms with van der Waals surface area (Å²) in [5.74, 6) is 0. The third kappa shape index (κ3) is 2.92. The van der Waals surface area contributed by atoms with Crippen LogP contribution in [0.4, 0.5) is 0 Å². The smallest absolute Gasteiger partial charge is 0.0477 e. The van der Waals surface area contributed by atoms with Gasteiger partial charge in [-0.05, 0) is 18.9 Å². The normalized spacial score (nSPS) is 12.5. The van der Waals surface area contributed by atoms with Crippen LogP contribution in [-0.2, 0) is 6.42 Å². The lowest BCUT2D eigenvalue weighted by Gasteiger charge is -2.10. The Morgan fingerprint density at radius 1 is 1.38 bits per heavy atom. The standard InChI is InChI=1S/C11H16N2/c1-8-3-5-10(6-4-8)7-11(13)9(2)12/h3-6,11H,2,7,12-13H2,1H3/t11-/m0/s1. The van der Waals surface area contributed by atoms with Gasteiger partial charge >= 0.3 is 0 Å². The average molecular weight is 176 g/mol. The second-order valence-corrected chi connectivity index (χ2v) is 3.37. The van der Waals surface area contributed by atoms with Crippen LogP contribution in [0, 0.1) is 6.92 Å². The summed E-state index contributed by atoms with van der Waals surface area (Å²) in [6.07, 6.45) is 0.760. The fraction of sp³-hybridized carbons (Fsp3) is 0.273. The highest BCUT2D eigenvalue weighted by molar-refractivity contribution is 5.23. The molecule has 1 atom stereocenters. The Kier molecular flexibility index (Phi) is 3.09. The highest BCUT2D eigenvalue weighted by atomic mass is 14.7. The van der Waals surface area contributed by atoms with Gasteiger partial charge in [-0.3, -0.25) is 0 Å². The van der Waals surface area contributed by atoms with Crippen LogP contribution >= 0.6 is 0 Å². The van der Waals surface area contributed by atoms with Gasteiger partial charge in [-0.15, -0.1) is 0 Å². The lowest BCUT2D eigenvalue weighted by atomic mass is 10.0. The molecule has 13 heavy (non-hydrogen) atoms. The topological polar surface area (TPSA) is 52.0 Å². The maximum absolute atomic E-state index is 5.76. The zero-order chi connectivity index (χ0) is 9.84. The highest BCUT2D eigenvalue weighted by Crippen LogP contribution is 2.06. The van der Waals surface area contributed by atoms with Crippen molar-refractivity contribution in [1.29, 1.82) is 0 Å². The maximum Gasteiger partial charge on any atom is 0.0477 e. The number of nitrogens with two attached hydrogens (primary N) is 2. The summed E-state index contributed by atoms with van der Waals surface area (Å²) in [6.45, 7) is 5.68. The predicted octanol–water partition coefficient (Wildman–Crippen LogP) is 1.34. The number of benzene rings is 1. The SMILES string of the molecule is C=C(N)[C@@H](N)Cc1ccc(C)cc1. The minimum atomic E-state index is -0.136. The number of aryl methyl sites for hydroxylation is 1. The van der Waals surface area contributed by atoms with E-state index in [4.69, 9.17) is 11.5 Å². The van der Waals surface area contributed by atoms with Crippen LogP contribution < -0.4 is 11.5 Å². The largest absolute Gasteiger partial charge is 0.401 e. The first-order chi connectivity index (χ1) is 6.09. The van der Waals surface area contributed by atoms with Gasteiger partial charge in [0.2, 0.25) is 0 Å². The molecule has 0 saturated heterocycles. The van der Waals surface area contributed by atoms with E-state index in [1.165, 1.54) is 11.1 Å². The van der Waals surface area contributed by atoms with Gasteiger partial charge in [0, 0.05) is 11.7 Å². The first-order valence-corrected chi connectivity index (χ1v) is 4.35. The summed E-state index contributed by atoms with van der Waals surface area (Å²) in [6, 6.07) is 8.14. The summed E-state index contributed by atoms with van der Waals surface area (Å²) in [7, 11) is 0. The quantitative estimate of drug-likeness (QED) is 0.730. The molecule has 0 aliphatic carbocycles. The second kappa shape index (κ2) is 4.10. The van der Waals surface area contributed by atoms with Gasteiger partial charge in [0.15, 0.2) is 0 Å². The molecule has 0 heterocycles. The zero-order valence-corrected chi connectivity index (χ0v) is 7.96. The highest BCUT2D eigenvalue weighted by Gasteiger charge is 2.04. The molecule has 0 saturated carbocycles. The molecule has 70 valence electrons. The van der Waals surface area contributed by atoms with E-state index in [1.807, 2.05) is 0 Å². The van der Waals surface area contributed by atoms with Gasteiger partial charge < -0.3 is 11.5 Å². The fourth-order valence-corrected chi connectivity index (χ4v) is 1.11. The van der Waals surface area contributed by atoms with E-state index in [-0.39, 0.29) is 6.04 Å². The van der Waals surface area contributed by atoms with E-state index in [2.05, 4.69) is 37.8 Å². The van der Waals surface area contributed by atoms with Crippen LogP contribution in [0.25, 0.3) is 0 Å². The lowest BCUT2D eigenvalue weighted by Crippen LogP contribution is -2.28. The lowest BCUT2D eigenvalue weighted by molar-refractivity contribution is 0.757. The molecular weight excluding hydrogens is 160 g/mol. The van der Waals surface area contributed by atoms with E-state index >= 15 is 0 Å². The van der Waals surface area contributed by atoms with Crippen molar-refractivity contribution in [2.45, 2.75) is 19.4 Å². The van der Waals surface area contributed by atoms with Gasteiger partial charge in [-0.25, -0.2) is 0 Å². The first-order valence-electron chi connectivity index (χ1n) is 4.35. The Labute approximate surface area is 79.2 Å². The molecule has 1 aromatic carbocycles.